The maximum Gasteiger partial charge on any atom is 0.303 e. The molecule has 1 N–H and O–H groups in total. The predicted octanol–water partition coefficient (Wildman–Crippen LogP) is 5.96. The second kappa shape index (κ2) is 12.7. The highest BCUT2D eigenvalue weighted by atomic mass is 35.5. The van der Waals surface area contributed by atoms with E-state index in [1.807, 2.05) is 66.7 Å². The number of carboxylic acid groups (broad SMARTS) is 1. The summed E-state index contributed by atoms with van der Waals surface area (Å²) in [7, 11) is 2.07. The minimum atomic E-state index is -0.874. The SMILES string of the molecule is CN(CCCC(CCC(=O)O)n1nc(Cc2ccc(Cl)cc2)c2ccccc2c1=O)Cc1ccccc1. The summed E-state index contributed by atoms with van der Waals surface area (Å²) >= 11 is 6.06. The minimum absolute atomic E-state index is 0.0159. The Bertz CT molecular complexity index is 1390. The molecule has 4 rings (SSSR count). The highest BCUT2D eigenvalue weighted by Crippen LogP contribution is 2.23. The summed E-state index contributed by atoms with van der Waals surface area (Å²) in [4.78, 5) is 27.2. The van der Waals surface area contributed by atoms with Gasteiger partial charge >= 0.3 is 5.97 Å². The van der Waals surface area contributed by atoms with E-state index in [2.05, 4.69) is 24.1 Å². The van der Waals surface area contributed by atoms with E-state index < -0.39 is 5.97 Å². The number of aromatic nitrogens is 2. The Morgan fingerprint density at radius 1 is 0.946 bits per heavy atom. The van der Waals surface area contributed by atoms with Crippen molar-refractivity contribution in [2.75, 3.05) is 13.6 Å². The molecule has 0 fully saturated rings. The summed E-state index contributed by atoms with van der Waals surface area (Å²) in [5, 5.41) is 16.3. The molecule has 0 saturated heterocycles. The van der Waals surface area contributed by atoms with E-state index in [-0.39, 0.29) is 18.0 Å². The Balaban J connectivity index is 1.59. The fraction of sp³-hybridized carbons (Fsp3) is 0.300. The minimum Gasteiger partial charge on any atom is -0.481 e. The summed E-state index contributed by atoms with van der Waals surface area (Å²) in [6.07, 6.45) is 2.36. The molecule has 3 aromatic carbocycles. The molecule has 0 radical (unpaired) electrons. The van der Waals surface area contributed by atoms with Crippen LogP contribution in [0.25, 0.3) is 10.8 Å². The van der Waals surface area contributed by atoms with Crippen molar-refractivity contribution in [2.45, 2.75) is 44.7 Å². The number of nitrogens with zero attached hydrogens (tertiary/aromatic N) is 3. The van der Waals surface area contributed by atoms with Crippen LogP contribution in [-0.2, 0) is 17.8 Å². The fourth-order valence-corrected chi connectivity index (χ4v) is 4.82. The topological polar surface area (TPSA) is 75.4 Å². The van der Waals surface area contributed by atoms with Gasteiger partial charge in [0.1, 0.15) is 0 Å². The monoisotopic (exact) mass is 517 g/mol. The first-order chi connectivity index (χ1) is 17.9. The van der Waals surface area contributed by atoms with E-state index in [1.54, 1.807) is 0 Å². The lowest BCUT2D eigenvalue weighted by Crippen LogP contribution is -2.30. The lowest BCUT2D eigenvalue weighted by molar-refractivity contribution is -0.137. The molecule has 0 aliphatic heterocycles. The van der Waals surface area contributed by atoms with E-state index >= 15 is 0 Å². The van der Waals surface area contributed by atoms with Crippen molar-refractivity contribution in [2.24, 2.45) is 0 Å². The van der Waals surface area contributed by atoms with Crippen LogP contribution in [0.1, 0.15) is 48.5 Å². The third-order valence-electron chi connectivity index (χ3n) is 6.60. The van der Waals surface area contributed by atoms with Crippen LogP contribution in [0.4, 0.5) is 0 Å². The number of carboxylic acids is 1. The second-order valence-corrected chi connectivity index (χ2v) is 9.93. The number of rotatable bonds is 12. The van der Waals surface area contributed by atoms with Crippen molar-refractivity contribution in [3.05, 3.63) is 111 Å². The Kier molecular flexibility index (Phi) is 9.09. The van der Waals surface area contributed by atoms with Gasteiger partial charge in [0.05, 0.1) is 17.1 Å². The number of benzene rings is 3. The molecule has 0 amide bonds. The van der Waals surface area contributed by atoms with Crippen molar-refractivity contribution in [1.82, 2.24) is 14.7 Å². The molecule has 7 heteroatoms. The molecule has 0 saturated carbocycles. The molecule has 1 unspecified atom stereocenters. The number of hydrogen-bond donors (Lipinski definition) is 1. The van der Waals surface area contributed by atoms with Crippen molar-refractivity contribution < 1.29 is 9.90 Å². The number of halogens is 1. The van der Waals surface area contributed by atoms with Crippen LogP contribution in [0, 0.1) is 0 Å². The van der Waals surface area contributed by atoms with Gasteiger partial charge in [-0.1, -0.05) is 72.3 Å². The van der Waals surface area contributed by atoms with Gasteiger partial charge in [-0.3, -0.25) is 9.59 Å². The normalized spacial score (nSPS) is 12.2. The van der Waals surface area contributed by atoms with E-state index in [0.717, 1.165) is 36.2 Å². The zero-order valence-corrected chi connectivity index (χ0v) is 21.8. The van der Waals surface area contributed by atoms with Crippen LogP contribution >= 0.6 is 11.6 Å². The van der Waals surface area contributed by atoms with E-state index in [0.29, 0.717) is 29.7 Å². The quantitative estimate of drug-likeness (QED) is 0.251. The Hall–Kier alpha value is -3.48. The fourth-order valence-electron chi connectivity index (χ4n) is 4.70. The molecule has 192 valence electrons. The smallest absolute Gasteiger partial charge is 0.303 e. The van der Waals surface area contributed by atoms with Crippen molar-refractivity contribution in [1.29, 1.82) is 0 Å². The maximum atomic E-state index is 13.5. The molecular weight excluding hydrogens is 486 g/mol. The molecule has 1 atom stereocenters. The van der Waals surface area contributed by atoms with Crippen molar-refractivity contribution >= 4 is 28.3 Å². The standard InChI is InChI=1S/C30H32ClN3O3/c1-33(21-23-8-3-2-4-9-23)19-7-10-25(17-18-29(35)36)34-30(37)27-12-6-5-11-26(27)28(32-34)20-22-13-15-24(31)16-14-22/h2-6,8-9,11-16,25H,7,10,17-21H2,1H3,(H,35,36). The van der Waals surface area contributed by atoms with Gasteiger partial charge in [-0.15, -0.1) is 0 Å². The van der Waals surface area contributed by atoms with Gasteiger partial charge in [-0.25, -0.2) is 4.68 Å². The highest BCUT2D eigenvalue weighted by Gasteiger charge is 2.19. The third kappa shape index (κ3) is 7.28. The number of fused-ring (bicyclic) bond motifs is 1. The molecular formula is C30H32ClN3O3. The highest BCUT2D eigenvalue weighted by molar-refractivity contribution is 6.30. The summed E-state index contributed by atoms with van der Waals surface area (Å²) in [6, 6.07) is 25.1. The van der Waals surface area contributed by atoms with E-state index in [4.69, 9.17) is 16.7 Å². The molecule has 0 aliphatic rings. The molecule has 0 spiro atoms. The molecule has 1 heterocycles. The molecule has 6 nitrogen and oxygen atoms in total. The second-order valence-electron chi connectivity index (χ2n) is 9.50. The van der Waals surface area contributed by atoms with E-state index in [9.17, 15) is 14.7 Å². The van der Waals surface area contributed by atoms with Crippen LogP contribution in [0.15, 0.2) is 83.7 Å². The van der Waals surface area contributed by atoms with Gasteiger partial charge in [0.25, 0.3) is 5.56 Å². The Morgan fingerprint density at radius 3 is 2.32 bits per heavy atom. The third-order valence-corrected chi connectivity index (χ3v) is 6.85. The molecule has 37 heavy (non-hydrogen) atoms. The average molecular weight is 518 g/mol. The number of hydrogen-bond acceptors (Lipinski definition) is 4. The first kappa shape index (κ1) is 26.6. The lowest BCUT2D eigenvalue weighted by atomic mass is 10.0. The van der Waals surface area contributed by atoms with Crippen LogP contribution in [-0.4, -0.2) is 39.3 Å². The summed E-state index contributed by atoms with van der Waals surface area (Å²) in [6.45, 7) is 1.67. The lowest BCUT2D eigenvalue weighted by Gasteiger charge is -2.22. The van der Waals surface area contributed by atoms with Crippen molar-refractivity contribution in [3.8, 4) is 0 Å². The van der Waals surface area contributed by atoms with Gasteiger partial charge in [-0.2, -0.15) is 5.10 Å². The average Bonchev–Trinajstić information content (AvgIpc) is 2.89. The number of carbonyl (C=O) groups is 1. The maximum absolute atomic E-state index is 13.5. The zero-order chi connectivity index (χ0) is 26.2. The summed E-state index contributed by atoms with van der Waals surface area (Å²) < 4.78 is 1.54. The van der Waals surface area contributed by atoms with Gasteiger partial charge in [0, 0.05) is 29.8 Å². The summed E-state index contributed by atoms with van der Waals surface area (Å²) in [5.74, 6) is -0.874. The molecule has 4 aromatic rings. The van der Waals surface area contributed by atoms with Crippen LogP contribution < -0.4 is 5.56 Å². The first-order valence-electron chi connectivity index (χ1n) is 12.6. The van der Waals surface area contributed by atoms with Crippen LogP contribution in [0.3, 0.4) is 0 Å². The predicted molar refractivity (Wildman–Crippen MR) is 148 cm³/mol. The molecule has 0 bridgehead atoms. The van der Waals surface area contributed by atoms with Crippen molar-refractivity contribution in [3.63, 3.8) is 0 Å². The molecule has 0 aliphatic carbocycles. The summed E-state index contributed by atoms with van der Waals surface area (Å²) in [5.41, 5.74) is 2.89. The van der Waals surface area contributed by atoms with Crippen LogP contribution in [0.2, 0.25) is 5.02 Å². The Labute approximate surface area is 222 Å². The van der Waals surface area contributed by atoms with Gasteiger partial charge in [-0.05, 0) is 62.2 Å². The first-order valence-corrected chi connectivity index (χ1v) is 13.0. The number of aliphatic carboxylic acids is 1. The van der Waals surface area contributed by atoms with Crippen LogP contribution in [0.5, 0.6) is 0 Å². The molecule has 1 aromatic heterocycles. The Morgan fingerprint density at radius 2 is 1.62 bits per heavy atom. The van der Waals surface area contributed by atoms with Gasteiger partial charge in [0.15, 0.2) is 0 Å². The van der Waals surface area contributed by atoms with Gasteiger partial charge < -0.3 is 10.0 Å². The van der Waals surface area contributed by atoms with E-state index in [1.165, 1.54) is 10.2 Å². The van der Waals surface area contributed by atoms with Gasteiger partial charge in [0.2, 0.25) is 0 Å². The zero-order valence-electron chi connectivity index (χ0n) is 21.0. The largest absolute Gasteiger partial charge is 0.481 e.